The third-order valence-electron chi connectivity index (χ3n) is 6.04. The summed E-state index contributed by atoms with van der Waals surface area (Å²) in [5.74, 6) is 2.87. The zero-order valence-electron chi connectivity index (χ0n) is 18.1. The van der Waals surface area contributed by atoms with Crippen molar-refractivity contribution in [3.05, 3.63) is 95.6 Å². The van der Waals surface area contributed by atoms with Crippen molar-refractivity contribution < 1.29 is 14.2 Å². The number of anilines is 1. The van der Waals surface area contributed by atoms with Gasteiger partial charge in [-0.05, 0) is 42.0 Å². The highest BCUT2D eigenvalue weighted by Gasteiger charge is 2.42. The van der Waals surface area contributed by atoms with Crippen LogP contribution in [-0.2, 0) is 0 Å². The van der Waals surface area contributed by atoms with Crippen molar-refractivity contribution in [2.24, 2.45) is 0 Å². The molecule has 0 unspecified atom stereocenters. The van der Waals surface area contributed by atoms with E-state index in [9.17, 15) is 0 Å². The van der Waals surface area contributed by atoms with Gasteiger partial charge in [0.05, 0.1) is 19.9 Å². The molecule has 2 aliphatic rings. The highest BCUT2D eigenvalue weighted by molar-refractivity contribution is 5.85. The lowest BCUT2D eigenvalue weighted by Gasteiger charge is -2.39. The summed E-state index contributed by atoms with van der Waals surface area (Å²) in [4.78, 5) is 8.82. The van der Waals surface area contributed by atoms with Gasteiger partial charge in [0, 0.05) is 29.1 Å². The molecule has 1 N–H and O–H groups in total. The SMILES string of the molecule is COc1ccc(OC)c([C@H]2Oc3ccccc3C3=C2[C@H](c2cccnc2)n2ncnc2N3)c1. The summed E-state index contributed by atoms with van der Waals surface area (Å²) < 4.78 is 19.8. The molecule has 0 aliphatic carbocycles. The lowest BCUT2D eigenvalue weighted by atomic mass is 9.84. The van der Waals surface area contributed by atoms with Crippen LogP contribution < -0.4 is 19.5 Å². The van der Waals surface area contributed by atoms with Gasteiger partial charge < -0.3 is 19.5 Å². The Balaban J connectivity index is 1.64. The number of fused-ring (bicyclic) bond motifs is 3. The van der Waals surface area contributed by atoms with E-state index in [0.717, 1.165) is 39.5 Å². The smallest absolute Gasteiger partial charge is 0.226 e. The van der Waals surface area contributed by atoms with E-state index in [1.54, 1.807) is 26.7 Å². The average molecular weight is 439 g/mol. The van der Waals surface area contributed by atoms with Crippen molar-refractivity contribution in [2.75, 3.05) is 19.5 Å². The second-order valence-corrected chi connectivity index (χ2v) is 7.77. The molecule has 0 bridgehead atoms. The minimum absolute atomic E-state index is 0.276. The first-order chi connectivity index (χ1) is 16.3. The van der Waals surface area contributed by atoms with Crippen molar-refractivity contribution in [2.45, 2.75) is 12.1 Å². The highest BCUT2D eigenvalue weighted by atomic mass is 16.5. The number of hydrogen-bond donors (Lipinski definition) is 1. The Bertz CT molecular complexity index is 1370. The molecule has 2 aromatic heterocycles. The first-order valence-electron chi connectivity index (χ1n) is 10.6. The van der Waals surface area contributed by atoms with Crippen LogP contribution in [0.4, 0.5) is 5.95 Å². The summed E-state index contributed by atoms with van der Waals surface area (Å²) in [7, 11) is 3.31. The second kappa shape index (κ2) is 7.67. The Hall–Kier alpha value is -4.33. The number of pyridine rings is 1. The van der Waals surface area contributed by atoms with Crippen molar-refractivity contribution in [1.82, 2.24) is 19.7 Å². The molecule has 0 fully saturated rings. The predicted octanol–water partition coefficient (Wildman–Crippen LogP) is 4.25. The van der Waals surface area contributed by atoms with Gasteiger partial charge in [0.15, 0.2) is 6.10 Å². The maximum absolute atomic E-state index is 6.66. The van der Waals surface area contributed by atoms with E-state index < -0.39 is 6.10 Å². The van der Waals surface area contributed by atoms with Crippen molar-refractivity contribution >= 4 is 11.6 Å². The monoisotopic (exact) mass is 439 g/mol. The predicted molar refractivity (Wildman–Crippen MR) is 122 cm³/mol. The molecule has 6 rings (SSSR count). The molecule has 0 radical (unpaired) electrons. The number of methoxy groups -OCH3 is 2. The molecule has 0 spiro atoms. The molecule has 2 aromatic carbocycles. The van der Waals surface area contributed by atoms with E-state index in [-0.39, 0.29) is 6.04 Å². The maximum Gasteiger partial charge on any atom is 0.226 e. The lowest BCUT2D eigenvalue weighted by Crippen LogP contribution is -2.32. The van der Waals surface area contributed by atoms with Gasteiger partial charge in [0.2, 0.25) is 5.95 Å². The first kappa shape index (κ1) is 19.4. The molecular weight excluding hydrogens is 418 g/mol. The fraction of sp³-hybridized carbons (Fsp3) is 0.160. The summed E-state index contributed by atoms with van der Waals surface area (Å²) in [6.07, 6.45) is 4.71. The Labute approximate surface area is 190 Å². The zero-order valence-corrected chi connectivity index (χ0v) is 18.1. The van der Waals surface area contributed by atoms with Crippen LogP contribution in [0.2, 0.25) is 0 Å². The van der Waals surface area contributed by atoms with Crippen LogP contribution in [0.5, 0.6) is 17.2 Å². The quantitative estimate of drug-likeness (QED) is 0.509. The van der Waals surface area contributed by atoms with Gasteiger partial charge >= 0.3 is 0 Å². The second-order valence-electron chi connectivity index (χ2n) is 7.77. The normalized spacial score (nSPS) is 18.4. The van der Waals surface area contributed by atoms with E-state index in [1.165, 1.54) is 0 Å². The summed E-state index contributed by atoms with van der Waals surface area (Å²) in [6.45, 7) is 0. The van der Waals surface area contributed by atoms with E-state index in [0.29, 0.717) is 11.7 Å². The Morgan fingerprint density at radius 3 is 2.76 bits per heavy atom. The largest absolute Gasteiger partial charge is 0.497 e. The number of nitrogens with zero attached hydrogens (tertiary/aromatic N) is 4. The van der Waals surface area contributed by atoms with Crippen LogP contribution in [-0.4, -0.2) is 34.0 Å². The molecular formula is C25H21N5O3. The topological polar surface area (TPSA) is 83.3 Å². The van der Waals surface area contributed by atoms with Gasteiger partial charge in [-0.3, -0.25) is 4.98 Å². The van der Waals surface area contributed by atoms with Gasteiger partial charge in [-0.1, -0.05) is 18.2 Å². The fourth-order valence-corrected chi connectivity index (χ4v) is 4.58. The molecule has 8 heteroatoms. The van der Waals surface area contributed by atoms with Crippen LogP contribution in [0.3, 0.4) is 0 Å². The van der Waals surface area contributed by atoms with E-state index in [1.807, 2.05) is 65.5 Å². The van der Waals surface area contributed by atoms with Crippen LogP contribution in [0.25, 0.3) is 5.70 Å². The Morgan fingerprint density at radius 1 is 1.03 bits per heavy atom. The molecule has 0 amide bonds. The summed E-state index contributed by atoms with van der Waals surface area (Å²) >= 11 is 0. The summed E-state index contributed by atoms with van der Waals surface area (Å²) in [6, 6.07) is 17.4. The maximum atomic E-state index is 6.66. The van der Waals surface area contributed by atoms with E-state index in [4.69, 9.17) is 14.2 Å². The molecule has 8 nitrogen and oxygen atoms in total. The average Bonchev–Trinajstić information content (AvgIpc) is 3.35. The number of hydrogen-bond acceptors (Lipinski definition) is 7. The summed E-state index contributed by atoms with van der Waals surface area (Å²) in [5, 5.41) is 8.03. The number of para-hydroxylation sites is 1. The fourth-order valence-electron chi connectivity index (χ4n) is 4.58. The van der Waals surface area contributed by atoms with Crippen LogP contribution in [0.1, 0.15) is 28.8 Å². The molecule has 2 aliphatic heterocycles. The first-order valence-corrected chi connectivity index (χ1v) is 10.6. The van der Waals surface area contributed by atoms with Gasteiger partial charge in [0.25, 0.3) is 0 Å². The number of ether oxygens (including phenoxy) is 3. The molecule has 4 aromatic rings. The molecule has 33 heavy (non-hydrogen) atoms. The number of aromatic nitrogens is 4. The molecule has 4 heterocycles. The van der Waals surface area contributed by atoms with Crippen molar-refractivity contribution in [3.8, 4) is 17.2 Å². The third kappa shape index (κ3) is 3.02. The number of nitrogens with one attached hydrogen (secondary N) is 1. The van der Waals surface area contributed by atoms with Gasteiger partial charge in [-0.2, -0.15) is 10.1 Å². The van der Waals surface area contributed by atoms with Crippen molar-refractivity contribution in [1.29, 1.82) is 0 Å². The third-order valence-corrected chi connectivity index (χ3v) is 6.04. The number of rotatable bonds is 4. The molecule has 0 saturated heterocycles. The van der Waals surface area contributed by atoms with Gasteiger partial charge in [-0.15, -0.1) is 0 Å². The van der Waals surface area contributed by atoms with Crippen molar-refractivity contribution in [3.63, 3.8) is 0 Å². The minimum Gasteiger partial charge on any atom is -0.497 e. The molecule has 2 atom stereocenters. The van der Waals surface area contributed by atoms with Gasteiger partial charge in [0.1, 0.15) is 29.6 Å². The Kier molecular flexibility index (Phi) is 4.50. The Morgan fingerprint density at radius 2 is 1.94 bits per heavy atom. The molecule has 164 valence electrons. The summed E-state index contributed by atoms with van der Waals surface area (Å²) in [5.41, 5.74) is 4.74. The lowest BCUT2D eigenvalue weighted by molar-refractivity contribution is 0.217. The van der Waals surface area contributed by atoms with Crippen LogP contribution in [0, 0.1) is 0 Å². The minimum atomic E-state index is -0.463. The standard InChI is InChI=1S/C25H21N5O3/c1-31-16-9-10-19(32-2)18(12-16)24-21-22(17-7-3-4-8-20(17)33-24)29-25-27-14-28-30(25)23(21)15-6-5-11-26-13-15/h3-14,23-24H,1-2H3,(H,27,28,29)/t23-,24+/m0/s1. The number of benzene rings is 2. The van der Waals surface area contributed by atoms with E-state index in [2.05, 4.69) is 20.4 Å². The van der Waals surface area contributed by atoms with Crippen LogP contribution >= 0.6 is 0 Å². The zero-order chi connectivity index (χ0) is 22.4. The molecule has 0 saturated carbocycles. The highest BCUT2D eigenvalue weighted by Crippen LogP contribution is 2.52. The van der Waals surface area contributed by atoms with Crippen LogP contribution in [0.15, 0.2) is 78.9 Å². The van der Waals surface area contributed by atoms with Gasteiger partial charge in [-0.25, -0.2) is 4.68 Å². The van der Waals surface area contributed by atoms with E-state index >= 15 is 0 Å².